The molecule has 0 spiro atoms. The number of nitrogens with two attached hydrogens (primary N) is 1. The first-order chi connectivity index (χ1) is 17.8. The molecular weight excluding hydrogens is 470 g/mol. The predicted molar refractivity (Wildman–Crippen MR) is 142 cm³/mol. The number of hydrogen-bond acceptors (Lipinski definition) is 10. The molecule has 0 aromatic carbocycles. The minimum Gasteiger partial charge on any atom is -0.371 e. The first-order valence-corrected chi connectivity index (χ1v) is 12.2. The Kier molecular flexibility index (Phi) is 5.41. The quantitative estimate of drug-likeness (QED) is 0.360. The van der Waals surface area contributed by atoms with Crippen molar-refractivity contribution < 1.29 is 4.79 Å². The van der Waals surface area contributed by atoms with Crippen molar-refractivity contribution in [3.63, 3.8) is 0 Å². The number of likely N-dealkylation sites (N-methyl/N-ethyl adjacent to an activating group) is 1. The fourth-order valence-corrected chi connectivity index (χ4v) is 5.47. The Morgan fingerprint density at radius 2 is 1.92 bits per heavy atom. The molecule has 4 aromatic rings. The van der Waals surface area contributed by atoms with E-state index >= 15 is 0 Å². The molecule has 0 radical (unpaired) electrons. The predicted octanol–water partition coefficient (Wildman–Crippen LogP) is 1.91. The van der Waals surface area contributed by atoms with E-state index in [0.717, 1.165) is 30.0 Å². The zero-order valence-electron chi connectivity index (χ0n) is 21.2. The standard InChI is InChI=1S/C25H29N11O/c1-13-5-14(7-29-25(13)36-11-15-6-16(36)10-34(15)3)31-24-21(22(26)37)32-20(23(27-2)33-24)17-8-28-9-18-19(17)30-12-35(18)4/h5,7-9,12,15-16H,6,10-11H2,1-4H3,(H2,26,37)(H2,27,31,33)/t15-,16-/m1/s1. The summed E-state index contributed by atoms with van der Waals surface area (Å²) in [6.45, 7) is 4.10. The topological polar surface area (TPSA) is 143 Å². The number of piperazine rings is 1. The van der Waals surface area contributed by atoms with Crippen molar-refractivity contribution in [3.8, 4) is 11.3 Å². The van der Waals surface area contributed by atoms with Crippen LogP contribution in [0.3, 0.4) is 0 Å². The van der Waals surface area contributed by atoms with Gasteiger partial charge < -0.3 is 25.8 Å². The summed E-state index contributed by atoms with van der Waals surface area (Å²) in [7, 11) is 5.82. The first-order valence-electron chi connectivity index (χ1n) is 12.2. The number of carbonyl (C=O) groups is 1. The molecule has 4 N–H and O–H groups in total. The van der Waals surface area contributed by atoms with Crippen LogP contribution in [0.1, 0.15) is 22.5 Å². The van der Waals surface area contributed by atoms with E-state index in [-0.39, 0.29) is 11.5 Å². The molecule has 190 valence electrons. The summed E-state index contributed by atoms with van der Waals surface area (Å²) < 4.78 is 1.87. The molecule has 6 heterocycles. The average molecular weight is 500 g/mol. The van der Waals surface area contributed by atoms with Gasteiger partial charge in [0.2, 0.25) is 0 Å². The van der Waals surface area contributed by atoms with Crippen LogP contribution in [0, 0.1) is 6.92 Å². The number of rotatable bonds is 6. The van der Waals surface area contributed by atoms with Gasteiger partial charge >= 0.3 is 0 Å². The van der Waals surface area contributed by atoms with E-state index in [1.807, 2.05) is 24.6 Å². The van der Waals surface area contributed by atoms with Gasteiger partial charge in [-0.3, -0.25) is 14.7 Å². The third kappa shape index (κ3) is 3.80. The van der Waals surface area contributed by atoms with Gasteiger partial charge in [-0.1, -0.05) is 0 Å². The van der Waals surface area contributed by atoms with Crippen molar-refractivity contribution in [1.29, 1.82) is 0 Å². The first kappa shape index (κ1) is 23.1. The average Bonchev–Trinajstić information content (AvgIpc) is 3.57. The Balaban J connectivity index is 1.35. The highest BCUT2D eigenvalue weighted by Gasteiger charge is 2.42. The number of nitrogens with one attached hydrogen (secondary N) is 2. The molecule has 12 heteroatoms. The number of primary amides is 1. The number of pyridine rings is 2. The van der Waals surface area contributed by atoms with Crippen LogP contribution in [0.5, 0.6) is 0 Å². The van der Waals surface area contributed by atoms with Crippen LogP contribution in [0.4, 0.5) is 23.1 Å². The SMILES string of the molecule is CNc1nc(Nc2cnc(N3C[C@H]4C[C@@H]3CN4C)c(C)c2)c(C(N)=O)nc1-c1cncc2c1ncn2C. The van der Waals surface area contributed by atoms with Crippen molar-refractivity contribution in [3.05, 3.63) is 42.2 Å². The Morgan fingerprint density at radius 1 is 1.08 bits per heavy atom. The second kappa shape index (κ2) is 8.66. The van der Waals surface area contributed by atoms with Crippen LogP contribution in [0.15, 0.2) is 31.0 Å². The second-order valence-corrected chi connectivity index (χ2v) is 9.77. The number of carbonyl (C=O) groups excluding carboxylic acids is 1. The number of imidazole rings is 1. The largest absolute Gasteiger partial charge is 0.371 e. The molecule has 4 aromatic heterocycles. The highest BCUT2D eigenvalue weighted by molar-refractivity contribution is 5.99. The summed E-state index contributed by atoms with van der Waals surface area (Å²) in [4.78, 5) is 40.1. The maximum absolute atomic E-state index is 12.5. The van der Waals surface area contributed by atoms with Crippen LogP contribution in [-0.4, -0.2) is 79.6 Å². The van der Waals surface area contributed by atoms with Gasteiger partial charge in [0.15, 0.2) is 17.3 Å². The van der Waals surface area contributed by atoms with E-state index in [1.54, 1.807) is 32.0 Å². The van der Waals surface area contributed by atoms with E-state index in [1.165, 1.54) is 6.42 Å². The molecule has 1 amide bonds. The number of fused-ring (bicyclic) bond motifs is 3. The molecule has 2 bridgehead atoms. The molecule has 0 unspecified atom stereocenters. The smallest absolute Gasteiger partial charge is 0.271 e. The summed E-state index contributed by atoms with van der Waals surface area (Å²) in [6, 6.07) is 3.09. The molecule has 12 nitrogen and oxygen atoms in total. The molecule has 0 aliphatic carbocycles. The number of anilines is 4. The van der Waals surface area contributed by atoms with Gasteiger partial charge in [0.1, 0.15) is 17.0 Å². The summed E-state index contributed by atoms with van der Waals surface area (Å²) >= 11 is 0. The lowest BCUT2D eigenvalue weighted by molar-refractivity contribution is 0.0996. The van der Waals surface area contributed by atoms with E-state index in [0.29, 0.717) is 40.4 Å². The number of amides is 1. The normalized spacial score (nSPS) is 19.1. The van der Waals surface area contributed by atoms with Crippen molar-refractivity contribution in [2.45, 2.75) is 25.4 Å². The lowest BCUT2D eigenvalue weighted by Crippen LogP contribution is -2.45. The lowest BCUT2D eigenvalue weighted by atomic mass is 10.1. The van der Waals surface area contributed by atoms with E-state index < -0.39 is 5.91 Å². The second-order valence-electron chi connectivity index (χ2n) is 9.77. The summed E-state index contributed by atoms with van der Waals surface area (Å²) in [5, 5.41) is 6.29. The van der Waals surface area contributed by atoms with E-state index in [2.05, 4.69) is 47.4 Å². The van der Waals surface area contributed by atoms with Crippen molar-refractivity contribution >= 4 is 40.1 Å². The third-order valence-corrected chi connectivity index (χ3v) is 7.36. The maximum Gasteiger partial charge on any atom is 0.271 e. The van der Waals surface area contributed by atoms with Crippen molar-refractivity contribution in [1.82, 2.24) is 34.4 Å². The van der Waals surface area contributed by atoms with Gasteiger partial charge in [-0.2, -0.15) is 0 Å². The zero-order valence-corrected chi connectivity index (χ0v) is 21.2. The lowest BCUT2D eigenvalue weighted by Gasteiger charge is -2.33. The molecule has 6 rings (SSSR count). The highest BCUT2D eigenvalue weighted by atomic mass is 16.1. The summed E-state index contributed by atoms with van der Waals surface area (Å²) in [6.07, 6.45) is 8.03. The molecular formula is C25H29N11O. The minimum absolute atomic E-state index is 0.0172. The van der Waals surface area contributed by atoms with Crippen LogP contribution in [0.25, 0.3) is 22.3 Å². The van der Waals surface area contributed by atoms with Gasteiger partial charge in [-0.15, -0.1) is 0 Å². The Hall–Kier alpha value is -4.32. The minimum atomic E-state index is -0.696. The van der Waals surface area contributed by atoms with Gasteiger partial charge in [0, 0.05) is 45.5 Å². The van der Waals surface area contributed by atoms with Crippen molar-refractivity contribution in [2.24, 2.45) is 12.8 Å². The van der Waals surface area contributed by atoms with Crippen LogP contribution in [0.2, 0.25) is 0 Å². The monoisotopic (exact) mass is 499 g/mol. The molecule has 2 atom stereocenters. The molecule has 2 aliphatic rings. The van der Waals surface area contributed by atoms with Gasteiger partial charge in [-0.05, 0) is 32.0 Å². The van der Waals surface area contributed by atoms with Gasteiger partial charge in [0.05, 0.1) is 35.5 Å². The fraction of sp³-hybridized carbons (Fsp3) is 0.360. The number of aryl methyl sites for hydroxylation is 2. The number of likely N-dealkylation sites (tertiary alicyclic amines) is 1. The van der Waals surface area contributed by atoms with E-state index in [4.69, 9.17) is 10.7 Å². The fourth-order valence-electron chi connectivity index (χ4n) is 5.47. The third-order valence-electron chi connectivity index (χ3n) is 7.36. The molecule has 2 fully saturated rings. The highest BCUT2D eigenvalue weighted by Crippen LogP contribution is 2.36. The number of hydrogen-bond donors (Lipinski definition) is 3. The Bertz CT molecular complexity index is 1530. The Morgan fingerprint density at radius 3 is 2.59 bits per heavy atom. The summed E-state index contributed by atoms with van der Waals surface area (Å²) in [5.74, 6) is 1.01. The van der Waals surface area contributed by atoms with Crippen molar-refractivity contribution in [2.75, 3.05) is 42.7 Å². The van der Waals surface area contributed by atoms with Gasteiger partial charge in [0.25, 0.3) is 5.91 Å². The number of nitrogens with zero attached hydrogens (tertiary/aromatic N) is 8. The summed E-state index contributed by atoms with van der Waals surface area (Å²) in [5.41, 5.74) is 10.1. The molecule has 0 saturated carbocycles. The maximum atomic E-state index is 12.5. The molecule has 2 aliphatic heterocycles. The number of aromatic nitrogens is 6. The molecule has 2 saturated heterocycles. The van der Waals surface area contributed by atoms with Crippen LogP contribution >= 0.6 is 0 Å². The van der Waals surface area contributed by atoms with E-state index in [9.17, 15) is 4.79 Å². The van der Waals surface area contributed by atoms with Crippen LogP contribution < -0.4 is 21.3 Å². The Labute approximate surface area is 214 Å². The van der Waals surface area contributed by atoms with Crippen LogP contribution in [-0.2, 0) is 7.05 Å². The molecule has 37 heavy (non-hydrogen) atoms. The zero-order chi connectivity index (χ0) is 25.8. The van der Waals surface area contributed by atoms with Gasteiger partial charge in [-0.25, -0.2) is 19.9 Å².